The summed E-state index contributed by atoms with van der Waals surface area (Å²) in [6, 6.07) is 7.58. The van der Waals surface area contributed by atoms with Gasteiger partial charge >= 0.3 is 0 Å². The Morgan fingerprint density at radius 1 is 1.11 bits per heavy atom. The van der Waals surface area contributed by atoms with Gasteiger partial charge in [-0.1, -0.05) is 30.3 Å². The van der Waals surface area contributed by atoms with E-state index in [2.05, 4.69) is 6.92 Å². The molecule has 28 heavy (non-hydrogen) atoms. The molecule has 0 spiro atoms. The van der Waals surface area contributed by atoms with Crippen molar-refractivity contribution in [3.8, 4) is 0 Å². The number of aliphatic imine (C=N–C) groups is 1. The average Bonchev–Trinajstić information content (AvgIpc) is 2.61. The van der Waals surface area contributed by atoms with E-state index in [0.29, 0.717) is 16.9 Å². The fourth-order valence-corrected chi connectivity index (χ4v) is 7.82. The van der Waals surface area contributed by atoms with Crippen LogP contribution in [0.25, 0.3) is 0 Å². The van der Waals surface area contributed by atoms with Gasteiger partial charge in [0.15, 0.2) is 5.17 Å². The molecule has 0 N–H and O–H groups in total. The molecule has 1 aromatic rings. The number of amidine groups is 1. The molecule has 5 aliphatic rings. The Labute approximate surface area is 177 Å². The lowest BCUT2D eigenvalue weighted by molar-refractivity contribution is -0.128. The van der Waals surface area contributed by atoms with Crippen molar-refractivity contribution in [2.24, 2.45) is 28.2 Å². The second-order valence-electron chi connectivity index (χ2n) is 9.72. The number of nitrogens with zero attached hydrogens (tertiary/aromatic N) is 2. The largest absolute Gasteiger partial charge is 0.291 e. The lowest BCUT2D eigenvalue weighted by Crippen LogP contribution is -2.49. The molecule has 1 aliphatic heterocycles. The number of rotatable bonds is 4. The van der Waals surface area contributed by atoms with E-state index in [0.717, 1.165) is 41.6 Å². The second kappa shape index (κ2) is 7.36. The Morgan fingerprint density at radius 3 is 2.32 bits per heavy atom. The predicted molar refractivity (Wildman–Crippen MR) is 117 cm³/mol. The third-order valence-corrected chi connectivity index (χ3v) is 8.73. The first kappa shape index (κ1) is 19.0. The normalized spacial score (nSPS) is 38.4. The van der Waals surface area contributed by atoms with Crippen LogP contribution in [0.4, 0.5) is 5.69 Å². The lowest BCUT2D eigenvalue weighted by Gasteiger charge is -2.57. The van der Waals surface area contributed by atoms with E-state index in [1.807, 2.05) is 29.2 Å². The molecule has 5 fully saturated rings. The molecule has 0 aromatic heterocycles. The van der Waals surface area contributed by atoms with Gasteiger partial charge in [0.05, 0.1) is 5.69 Å². The molecule has 1 saturated heterocycles. The molecule has 1 amide bonds. The minimum absolute atomic E-state index is 0.240. The van der Waals surface area contributed by atoms with E-state index in [-0.39, 0.29) is 11.2 Å². The molecule has 4 aliphatic carbocycles. The third kappa shape index (κ3) is 3.75. The van der Waals surface area contributed by atoms with E-state index in [9.17, 15) is 4.79 Å². The van der Waals surface area contributed by atoms with Gasteiger partial charge in [0.2, 0.25) is 5.91 Å². The monoisotopic (exact) mass is 416 g/mol. The summed E-state index contributed by atoms with van der Waals surface area (Å²) in [5, 5.41) is 1.87. The van der Waals surface area contributed by atoms with Crippen LogP contribution in [0, 0.1) is 23.2 Å². The molecule has 1 unspecified atom stereocenters. The first-order valence-electron chi connectivity index (χ1n) is 10.8. The summed E-state index contributed by atoms with van der Waals surface area (Å²) in [4.78, 5) is 19.7. The number of carbonyl (C=O) groups is 1. The van der Waals surface area contributed by atoms with Gasteiger partial charge in [-0.3, -0.25) is 9.69 Å². The summed E-state index contributed by atoms with van der Waals surface area (Å²) in [6.45, 7) is 2.95. The number of carbonyl (C=O) groups excluding carboxylic acids is 1. The smallest absolute Gasteiger partial charge is 0.229 e. The number of hydrogen-bond acceptors (Lipinski definition) is 3. The summed E-state index contributed by atoms with van der Waals surface area (Å²) >= 11 is 7.75. The predicted octanol–water partition coefficient (Wildman–Crippen LogP) is 6.29. The summed E-state index contributed by atoms with van der Waals surface area (Å²) in [5.41, 5.74) is 1.36. The molecule has 3 nitrogen and oxygen atoms in total. The summed E-state index contributed by atoms with van der Waals surface area (Å²) in [6.07, 6.45) is 10.4. The van der Waals surface area contributed by atoms with Crippen LogP contribution < -0.4 is 0 Å². The number of benzene rings is 1. The van der Waals surface area contributed by atoms with Gasteiger partial charge < -0.3 is 0 Å². The molecule has 4 saturated carbocycles. The van der Waals surface area contributed by atoms with E-state index in [1.54, 1.807) is 11.8 Å². The number of amides is 1. The maximum Gasteiger partial charge on any atom is 0.229 e. The fourth-order valence-electron chi connectivity index (χ4n) is 6.63. The van der Waals surface area contributed by atoms with Crippen LogP contribution in [0.3, 0.4) is 0 Å². The average molecular weight is 417 g/mol. The van der Waals surface area contributed by atoms with Crippen molar-refractivity contribution in [2.75, 3.05) is 6.54 Å². The van der Waals surface area contributed by atoms with Crippen LogP contribution >= 0.6 is 23.4 Å². The fraction of sp³-hybridized carbons (Fsp3) is 0.652. The summed E-state index contributed by atoms with van der Waals surface area (Å²) < 4.78 is 0. The molecule has 150 valence electrons. The highest BCUT2D eigenvalue weighted by Gasteiger charge is 2.50. The Hall–Kier alpha value is -1.000. The van der Waals surface area contributed by atoms with E-state index in [4.69, 9.17) is 16.6 Å². The molecule has 0 radical (unpaired) electrons. The minimum Gasteiger partial charge on any atom is -0.291 e. The van der Waals surface area contributed by atoms with Crippen LogP contribution in [-0.2, 0) is 4.79 Å². The van der Waals surface area contributed by atoms with Gasteiger partial charge in [-0.25, -0.2) is 4.99 Å². The van der Waals surface area contributed by atoms with Crippen molar-refractivity contribution >= 4 is 40.1 Å². The number of halogens is 1. The first-order valence-corrected chi connectivity index (χ1v) is 12.1. The molecule has 1 atom stereocenters. The van der Waals surface area contributed by atoms with Crippen molar-refractivity contribution in [3.05, 3.63) is 29.3 Å². The molecule has 1 aromatic carbocycles. The maximum absolute atomic E-state index is 12.9. The topological polar surface area (TPSA) is 32.7 Å². The van der Waals surface area contributed by atoms with Crippen LogP contribution in [0.1, 0.15) is 58.3 Å². The molecule has 5 heteroatoms. The highest BCUT2D eigenvalue weighted by atomic mass is 35.5. The quantitative estimate of drug-likeness (QED) is 0.577. The molecule has 4 bridgehead atoms. The van der Waals surface area contributed by atoms with Crippen molar-refractivity contribution in [2.45, 2.75) is 63.5 Å². The summed E-state index contributed by atoms with van der Waals surface area (Å²) in [5.74, 6) is 3.11. The van der Waals surface area contributed by atoms with Crippen molar-refractivity contribution in [1.82, 2.24) is 4.90 Å². The first-order chi connectivity index (χ1) is 13.5. The highest BCUT2D eigenvalue weighted by molar-refractivity contribution is 8.14. The van der Waals surface area contributed by atoms with Gasteiger partial charge in [0.1, 0.15) is 0 Å². The zero-order chi connectivity index (χ0) is 19.3. The Bertz CT molecular complexity index is 755. The van der Waals surface area contributed by atoms with E-state index in [1.165, 1.54) is 38.5 Å². The minimum atomic E-state index is 0.240. The lowest BCUT2D eigenvalue weighted by atomic mass is 9.49. The second-order valence-corrected chi connectivity index (χ2v) is 11.6. The zero-order valence-electron chi connectivity index (χ0n) is 16.6. The Balaban J connectivity index is 1.34. The zero-order valence-corrected chi connectivity index (χ0v) is 18.1. The van der Waals surface area contributed by atoms with Crippen LogP contribution in [0.15, 0.2) is 29.3 Å². The van der Waals surface area contributed by atoms with Crippen molar-refractivity contribution < 1.29 is 4.79 Å². The Kier molecular flexibility index (Phi) is 4.99. The van der Waals surface area contributed by atoms with Crippen LogP contribution in [0.5, 0.6) is 0 Å². The van der Waals surface area contributed by atoms with E-state index >= 15 is 0 Å². The van der Waals surface area contributed by atoms with Crippen molar-refractivity contribution in [1.29, 1.82) is 0 Å². The molecule has 1 heterocycles. The van der Waals surface area contributed by atoms with Crippen LogP contribution in [0.2, 0.25) is 5.02 Å². The van der Waals surface area contributed by atoms with Crippen molar-refractivity contribution in [3.63, 3.8) is 0 Å². The SMILES string of the molecule is CC1CC(=O)N(CCC23CC4CC(CC(C4)C2)C3)C(=Nc2ccc(Cl)cc2)S1. The third-order valence-electron chi connectivity index (χ3n) is 7.38. The molecular formula is C23H29ClN2OS. The maximum atomic E-state index is 12.9. The molecule has 6 rings (SSSR count). The van der Waals surface area contributed by atoms with E-state index < -0.39 is 0 Å². The number of thioether (sulfide) groups is 1. The summed E-state index contributed by atoms with van der Waals surface area (Å²) in [7, 11) is 0. The highest BCUT2D eigenvalue weighted by Crippen LogP contribution is 2.61. The van der Waals surface area contributed by atoms with Gasteiger partial charge in [-0.05, 0) is 92.4 Å². The molecular weight excluding hydrogens is 388 g/mol. The van der Waals surface area contributed by atoms with Gasteiger partial charge in [0, 0.05) is 23.2 Å². The van der Waals surface area contributed by atoms with Gasteiger partial charge in [0.25, 0.3) is 0 Å². The standard InChI is InChI=1S/C23H29ClN2OS/c1-15-8-21(27)26(22(28-15)25-20-4-2-19(24)3-5-20)7-6-23-12-16-9-17(13-23)11-18(10-16)14-23/h2-5,15-18H,6-14H2,1H3. The Morgan fingerprint density at radius 2 is 1.71 bits per heavy atom. The van der Waals surface area contributed by atoms with Gasteiger partial charge in [-0.15, -0.1) is 0 Å². The van der Waals surface area contributed by atoms with Crippen LogP contribution in [-0.4, -0.2) is 27.8 Å². The number of hydrogen-bond donors (Lipinski definition) is 0. The van der Waals surface area contributed by atoms with Gasteiger partial charge in [-0.2, -0.15) is 0 Å².